The van der Waals surface area contributed by atoms with Crippen LogP contribution >= 0.6 is 11.8 Å². The highest BCUT2D eigenvalue weighted by atomic mass is 32.2. The molecule has 0 aliphatic rings. The summed E-state index contributed by atoms with van der Waals surface area (Å²) < 4.78 is 0. The van der Waals surface area contributed by atoms with Gasteiger partial charge in [-0.3, -0.25) is 25.1 Å². The molecular formula is C17H12N6O4S. The number of benzene rings is 2. The van der Waals surface area contributed by atoms with Gasteiger partial charge in [0.1, 0.15) is 0 Å². The number of carboxylic acid groups (broad SMARTS) is 1. The normalized spacial score (nSPS) is 11.0. The number of rotatable bonds is 6. The van der Waals surface area contributed by atoms with Crippen LogP contribution < -0.4 is 0 Å². The predicted octanol–water partition coefficient (Wildman–Crippen LogP) is 3.10. The number of nitro benzene ring substituents is 1. The van der Waals surface area contributed by atoms with Gasteiger partial charge in [0.15, 0.2) is 5.82 Å². The first kappa shape index (κ1) is 17.7. The summed E-state index contributed by atoms with van der Waals surface area (Å²) in [5, 5.41) is 34.8. The summed E-state index contributed by atoms with van der Waals surface area (Å²) in [4.78, 5) is 25.8. The molecule has 2 heterocycles. The molecule has 28 heavy (non-hydrogen) atoms. The standard InChI is InChI=1S/C17H12N6O4S/c24-15(25)8-28-17-19-16(21-22-17)11-4-10(5-13(6-11)23(26)27)9-1-2-14-12(3-9)7-18-20-14/h1-7H,8H2,(H,18,20)(H,24,25)(H,19,21,22). The van der Waals surface area contributed by atoms with Crippen molar-refractivity contribution in [1.82, 2.24) is 25.4 Å². The summed E-state index contributed by atoms with van der Waals surface area (Å²) in [7, 11) is 0. The maximum atomic E-state index is 11.4. The van der Waals surface area contributed by atoms with Crippen LogP contribution in [-0.2, 0) is 4.79 Å². The Morgan fingerprint density at radius 1 is 1.14 bits per heavy atom. The van der Waals surface area contributed by atoms with Gasteiger partial charge >= 0.3 is 5.97 Å². The quantitative estimate of drug-likeness (QED) is 0.255. The summed E-state index contributed by atoms with van der Waals surface area (Å²) in [6, 6.07) is 10.2. The topological polar surface area (TPSA) is 151 Å². The number of carboxylic acids is 1. The number of nitro groups is 1. The van der Waals surface area contributed by atoms with E-state index in [4.69, 9.17) is 5.11 Å². The van der Waals surface area contributed by atoms with Crippen LogP contribution in [-0.4, -0.2) is 47.1 Å². The molecule has 0 aliphatic carbocycles. The summed E-state index contributed by atoms with van der Waals surface area (Å²) in [5.74, 6) is -0.840. The number of fused-ring (bicyclic) bond motifs is 1. The van der Waals surface area contributed by atoms with E-state index < -0.39 is 10.9 Å². The fraction of sp³-hybridized carbons (Fsp3) is 0.0588. The third-order valence-corrected chi connectivity index (χ3v) is 4.80. The van der Waals surface area contributed by atoms with Crippen molar-refractivity contribution in [1.29, 1.82) is 0 Å². The molecule has 0 bridgehead atoms. The van der Waals surface area contributed by atoms with Crippen molar-refractivity contribution < 1.29 is 14.8 Å². The molecule has 11 heteroatoms. The van der Waals surface area contributed by atoms with Crippen molar-refractivity contribution >= 4 is 34.3 Å². The van der Waals surface area contributed by atoms with Crippen LogP contribution in [0.3, 0.4) is 0 Å². The lowest BCUT2D eigenvalue weighted by molar-refractivity contribution is -0.384. The molecule has 140 valence electrons. The van der Waals surface area contributed by atoms with Gasteiger partial charge < -0.3 is 5.11 Å². The summed E-state index contributed by atoms with van der Waals surface area (Å²) in [6.45, 7) is 0. The number of non-ortho nitro benzene ring substituents is 1. The van der Waals surface area contributed by atoms with E-state index in [9.17, 15) is 14.9 Å². The number of hydrogen-bond donors (Lipinski definition) is 3. The Balaban J connectivity index is 1.75. The van der Waals surface area contributed by atoms with Crippen LogP contribution in [0, 0.1) is 10.1 Å². The molecule has 0 spiro atoms. The molecule has 0 unspecified atom stereocenters. The average molecular weight is 396 g/mol. The number of H-pyrrole nitrogens is 2. The van der Waals surface area contributed by atoms with Gasteiger partial charge in [0.2, 0.25) is 5.16 Å². The SMILES string of the molecule is O=C(O)CSc1n[nH]c(-c2cc(-c3ccc4[nH]ncc4c3)cc([N+](=O)[O-])c2)n1. The molecule has 2 aromatic carbocycles. The predicted molar refractivity (Wildman–Crippen MR) is 102 cm³/mol. The van der Waals surface area contributed by atoms with Crippen molar-refractivity contribution in [3.63, 3.8) is 0 Å². The van der Waals surface area contributed by atoms with Crippen molar-refractivity contribution in [2.75, 3.05) is 5.75 Å². The maximum absolute atomic E-state index is 11.4. The Hall–Kier alpha value is -3.73. The van der Waals surface area contributed by atoms with Gasteiger partial charge in [-0.2, -0.15) is 5.10 Å². The molecule has 2 aromatic heterocycles. The molecule has 3 N–H and O–H groups in total. The van der Waals surface area contributed by atoms with Crippen LogP contribution in [0.1, 0.15) is 0 Å². The van der Waals surface area contributed by atoms with Gasteiger partial charge in [0.05, 0.1) is 22.4 Å². The van der Waals surface area contributed by atoms with Gasteiger partial charge in [-0.15, -0.1) is 5.10 Å². The van der Waals surface area contributed by atoms with Crippen LogP contribution in [0.15, 0.2) is 47.8 Å². The minimum atomic E-state index is -0.983. The van der Waals surface area contributed by atoms with E-state index in [1.54, 1.807) is 12.3 Å². The van der Waals surface area contributed by atoms with Gasteiger partial charge in [0.25, 0.3) is 5.69 Å². The van der Waals surface area contributed by atoms with E-state index in [2.05, 4.69) is 25.4 Å². The molecule has 10 nitrogen and oxygen atoms in total. The lowest BCUT2D eigenvalue weighted by Crippen LogP contribution is -1.97. The van der Waals surface area contributed by atoms with Crippen molar-refractivity contribution in [2.45, 2.75) is 5.16 Å². The number of aromatic amines is 2. The highest BCUT2D eigenvalue weighted by Gasteiger charge is 2.15. The summed E-state index contributed by atoms with van der Waals surface area (Å²) in [6.07, 6.45) is 1.68. The highest BCUT2D eigenvalue weighted by Crippen LogP contribution is 2.32. The third kappa shape index (κ3) is 3.55. The molecule has 4 rings (SSSR count). The second kappa shape index (κ2) is 7.12. The fourth-order valence-electron chi connectivity index (χ4n) is 2.71. The molecule has 4 aromatic rings. The first-order valence-corrected chi connectivity index (χ1v) is 8.98. The van der Waals surface area contributed by atoms with Crippen LogP contribution in [0.25, 0.3) is 33.4 Å². The number of hydrogen-bond acceptors (Lipinski definition) is 7. The van der Waals surface area contributed by atoms with Crippen molar-refractivity contribution in [3.8, 4) is 22.5 Å². The number of nitrogens with one attached hydrogen (secondary N) is 2. The first-order chi connectivity index (χ1) is 13.5. The second-order valence-corrected chi connectivity index (χ2v) is 6.79. The largest absolute Gasteiger partial charge is 0.481 e. The number of thioether (sulfide) groups is 1. The molecule has 0 amide bonds. The van der Waals surface area contributed by atoms with Gasteiger partial charge in [-0.1, -0.05) is 17.8 Å². The molecule has 0 saturated heterocycles. The Morgan fingerprint density at radius 2 is 1.96 bits per heavy atom. The molecule has 0 saturated carbocycles. The number of aliphatic carboxylic acids is 1. The molecule has 0 fully saturated rings. The van der Waals surface area contributed by atoms with Gasteiger partial charge in [0, 0.05) is 23.1 Å². The lowest BCUT2D eigenvalue weighted by atomic mass is 10.0. The minimum Gasteiger partial charge on any atom is -0.481 e. The van der Waals surface area contributed by atoms with Gasteiger partial charge in [-0.05, 0) is 29.3 Å². The van der Waals surface area contributed by atoms with E-state index in [1.165, 1.54) is 12.1 Å². The fourth-order valence-corrected chi connectivity index (χ4v) is 3.23. The van der Waals surface area contributed by atoms with Crippen LogP contribution in [0.5, 0.6) is 0 Å². The smallest absolute Gasteiger partial charge is 0.313 e. The number of nitrogens with zero attached hydrogens (tertiary/aromatic N) is 4. The average Bonchev–Trinajstić information content (AvgIpc) is 3.34. The second-order valence-electron chi connectivity index (χ2n) is 5.85. The van der Waals surface area contributed by atoms with E-state index in [0.29, 0.717) is 17.0 Å². The van der Waals surface area contributed by atoms with Crippen LogP contribution in [0.4, 0.5) is 5.69 Å². The Morgan fingerprint density at radius 3 is 2.75 bits per heavy atom. The van der Waals surface area contributed by atoms with Gasteiger partial charge in [-0.25, -0.2) is 4.98 Å². The van der Waals surface area contributed by atoms with E-state index in [0.717, 1.165) is 28.2 Å². The van der Waals surface area contributed by atoms with Crippen molar-refractivity contribution in [3.05, 3.63) is 52.7 Å². The Kier molecular flexibility index (Phi) is 4.49. The number of carbonyl (C=O) groups is 1. The van der Waals surface area contributed by atoms with E-state index >= 15 is 0 Å². The molecule has 0 radical (unpaired) electrons. The maximum Gasteiger partial charge on any atom is 0.313 e. The Labute approximate surface area is 161 Å². The molecule has 0 atom stereocenters. The monoisotopic (exact) mass is 396 g/mol. The zero-order valence-corrected chi connectivity index (χ0v) is 14.9. The minimum absolute atomic E-state index is 0.0871. The zero-order chi connectivity index (χ0) is 19.7. The van der Waals surface area contributed by atoms with E-state index in [-0.39, 0.29) is 16.6 Å². The lowest BCUT2D eigenvalue weighted by Gasteiger charge is -2.05. The Bertz CT molecular complexity index is 1200. The van der Waals surface area contributed by atoms with E-state index in [1.807, 2.05) is 18.2 Å². The number of aromatic nitrogens is 5. The first-order valence-electron chi connectivity index (χ1n) is 8.00. The zero-order valence-electron chi connectivity index (χ0n) is 14.1. The highest BCUT2D eigenvalue weighted by molar-refractivity contribution is 7.99. The van der Waals surface area contributed by atoms with Crippen LogP contribution in [0.2, 0.25) is 0 Å². The molecular weight excluding hydrogens is 384 g/mol. The molecule has 0 aliphatic heterocycles. The van der Waals surface area contributed by atoms with Crippen molar-refractivity contribution in [2.24, 2.45) is 0 Å². The summed E-state index contributed by atoms with van der Waals surface area (Å²) in [5.41, 5.74) is 2.69. The third-order valence-electron chi connectivity index (χ3n) is 3.97. The summed E-state index contributed by atoms with van der Waals surface area (Å²) >= 11 is 0.960.